The lowest BCUT2D eigenvalue weighted by atomic mass is 10.1. The normalized spacial score (nSPS) is 12.4. The predicted molar refractivity (Wildman–Crippen MR) is 89.4 cm³/mol. The lowest BCUT2D eigenvalue weighted by molar-refractivity contribution is -0.148. The van der Waals surface area contributed by atoms with Gasteiger partial charge < -0.3 is 14.8 Å². The van der Waals surface area contributed by atoms with Crippen molar-refractivity contribution in [2.24, 2.45) is 0 Å². The van der Waals surface area contributed by atoms with Crippen molar-refractivity contribution in [1.82, 2.24) is 5.32 Å². The Morgan fingerprint density at radius 2 is 1.91 bits per heavy atom. The molecule has 0 bridgehead atoms. The molecule has 1 rings (SSSR count). The summed E-state index contributed by atoms with van der Waals surface area (Å²) in [5.74, 6) is -0.330. The van der Waals surface area contributed by atoms with E-state index < -0.39 is 17.8 Å². The minimum absolute atomic E-state index is 0.213. The summed E-state index contributed by atoms with van der Waals surface area (Å²) in [4.78, 5) is 23.2. The first-order valence-corrected chi connectivity index (χ1v) is 7.97. The van der Waals surface area contributed by atoms with Crippen molar-refractivity contribution < 1.29 is 19.1 Å². The number of carbonyl (C=O) groups is 2. The molecule has 1 amide bonds. The number of hydrogen-bond donors (Lipinski definition) is 1. The highest BCUT2D eigenvalue weighted by atomic mass is 35.5. The molecule has 0 unspecified atom stereocenters. The van der Waals surface area contributed by atoms with Gasteiger partial charge in [0.25, 0.3) is 0 Å². The molecule has 0 spiro atoms. The molecule has 1 aromatic carbocycles. The molecule has 0 aliphatic rings. The van der Waals surface area contributed by atoms with Crippen molar-refractivity contribution in [3.63, 3.8) is 0 Å². The van der Waals surface area contributed by atoms with E-state index >= 15 is 0 Å². The molecule has 0 aliphatic carbocycles. The van der Waals surface area contributed by atoms with Crippen LogP contribution < -0.4 is 5.32 Å². The second kappa shape index (κ2) is 8.77. The van der Waals surface area contributed by atoms with Crippen LogP contribution in [-0.4, -0.2) is 24.2 Å². The minimum Gasteiger partial charge on any atom is -0.458 e. The Hall–Kier alpha value is -1.75. The van der Waals surface area contributed by atoms with Crippen LogP contribution in [0.3, 0.4) is 0 Å². The number of rotatable bonds is 6. The summed E-state index contributed by atoms with van der Waals surface area (Å²) in [6.45, 7) is 7.50. The van der Waals surface area contributed by atoms with E-state index in [1.54, 1.807) is 33.8 Å². The van der Waals surface area contributed by atoms with Gasteiger partial charge in [-0.3, -0.25) is 4.79 Å². The Morgan fingerprint density at radius 3 is 2.52 bits per heavy atom. The van der Waals surface area contributed by atoms with Crippen LogP contribution in [0, 0.1) is 0 Å². The molecular formula is C17H24ClNO4. The fourth-order valence-electron chi connectivity index (χ4n) is 1.86. The van der Waals surface area contributed by atoms with E-state index in [2.05, 4.69) is 5.32 Å². The predicted octanol–water partition coefficient (Wildman–Crippen LogP) is 4.25. The van der Waals surface area contributed by atoms with Gasteiger partial charge in [0.1, 0.15) is 11.7 Å². The van der Waals surface area contributed by atoms with E-state index in [0.717, 1.165) is 5.56 Å². The Bertz CT molecular complexity index is 540. The van der Waals surface area contributed by atoms with E-state index in [1.165, 1.54) is 0 Å². The summed E-state index contributed by atoms with van der Waals surface area (Å²) in [6, 6.07) is 7.25. The number of hydrogen-bond acceptors (Lipinski definition) is 4. The van der Waals surface area contributed by atoms with Crippen LogP contribution in [0.4, 0.5) is 4.79 Å². The van der Waals surface area contributed by atoms with Gasteiger partial charge >= 0.3 is 12.1 Å². The standard InChI is InChI=1S/C17H24ClNO4/c1-12(13-8-5-6-9-14(13)18)22-15(20)10-7-11-19-16(21)23-17(2,3)4/h5-6,8-9,12H,7,10-11H2,1-4H3,(H,19,21)/t12-/m0/s1. The van der Waals surface area contributed by atoms with Gasteiger partial charge in [-0.05, 0) is 40.2 Å². The molecule has 0 saturated heterocycles. The van der Waals surface area contributed by atoms with Crippen molar-refractivity contribution in [2.45, 2.75) is 52.2 Å². The van der Waals surface area contributed by atoms with Crippen LogP contribution in [0.1, 0.15) is 52.2 Å². The van der Waals surface area contributed by atoms with Crippen molar-refractivity contribution in [1.29, 1.82) is 0 Å². The summed E-state index contributed by atoms with van der Waals surface area (Å²) in [5.41, 5.74) is 0.238. The van der Waals surface area contributed by atoms with Gasteiger partial charge in [-0.1, -0.05) is 29.8 Å². The van der Waals surface area contributed by atoms with Gasteiger partial charge in [0, 0.05) is 23.6 Å². The van der Waals surface area contributed by atoms with Crippen molar-refractivity contribution in [2.75, 3.05) is 6.54 Å². The fourth-order valence-corrected chi connectivity index (χ4v) is 2.15. The van der Waals surface area contributed by atoms with Gasteiger partial charge in [0.15, 0.2) is 0 Å². The first-order valence-electron chi connectivity index (χ1n) is 7.60. The molecule has 0 aromatic heterocycles. The zero-order valence-electron chi connectivity index (χ0n) is 14.0. The Kier molecular flexibility index (Phi) is 7.36. The Morgan fingerprint density at radius 1 is 1.26 bits per heavy atom. The maximum Gasteiger partial charge on any atom is 0.407 e. The van der Waals surface area contributed by atoms with Crippen LogP contribution in [0.25, 0.3) is 0 Å². The largest absolute Gasteiger partial charge is 0.458 e. The molecule has 0 heterocycles. The topological polar surface area (TPSA) is 64.6 Å². The SMILES string of the molecule is C[C@H](OC(=O)CCCNC(=O)OC(C)(C)C)c1ccccc1Cl. The van der Waals surface area contributed by atoms with Gasteiger partial charge in [-0.15, -0.1) is 0 Å². The van der Waals surface area contributed by atoms with E-state index in [0.29, 0.717) is 18.0 Å². The van der Waals surface area contributed by atoms with Crippen molar-refractivity contribution in [3.8, 4) is 0 Å². The van der Waals surface area contributed by atoms with E-state index in [-0.39, 0.29) is 12.4 Å². The second-order valence-corrected chi connectivity index (χ2v) is 6.59. The lowest BCUT2D eigenvalue weighted by Crippen LogP contribution is -2.33. The summed E-state index contributed by atoms with van der Waals surface area (Å²) >= 11 is 6.06. The average Bonchev–Trinajstić information content (AvgIpc) is 2.42. The monoisotopic (exact) mass is 341 g/mol. The maximum atomic E-state index is 11.8. The van der Waals surface area contributed by atoms with Crippen LogP contribution >= 0.6 is 11.6 Å². The third-order valence-corrected chi connectivity index (χ3v) is 3.22. The summed E-state index contributed by atoms with van der Waals surface area (Å²) in [7, 11) is 0. The molecule has 1 aromatic rings. The number of amides is 1. The number of alkyl carbamates (subject to hydrolysis) is 1. The number of ether oxygens (including phenoxy) is 2. The van der Waals surface area contributed by atoms with E-state index in [9.17, 15) is 9.59 Å². The number of halogens is 1. The van der Waals surface area contributed by atoms with Crippen molar-refractivity contribution in [3.05, 3.63) is 34.9 Å². The molecule has 23 heavy (non-hydrogen) atoms. The smallest absolute Gasteiger partial charge is 0.407 e. The molecule has 128 valence electrons. The van der Waals surface area contributed by atoms with Gasteiger partial charge in [-0.25, -0.2) is 4.79 Å². The number of nitrogens with one attached hydrogen (secondary N) is 1. The molecule has 6 heteroatoms. The summed E-state index contributed by atoms with van der Waals surface area (Å²) in [5, 5.41) is 3.17. The molecule has 1 atom stereocenters. The lowest BCUT2D eigenvalue weighted by Gasteiger charge is -2.19. The molecule has 5 nitrogen and oxygen atoms in total. The van der Waals surface area contributed by atoms with E-state index in [1.807, 2.05) is 18.2 Å². The molecule has 0 radical (unpaired) electrons. The Labute approximate surface area is 142 Å². The third kappa shape index (κ3) is 7.88. The zero-order chi connectivity index (χ0) is 17.5. The molecule has 1 N–H and O–H groups in total. The molecule has 0 aliphatic heterocycles. The maximum absolute atomic E-state index is 11.8. The third-order valence-electron chi connectivity index (χ3n) is 2.88. The zero-order valence-corrected chi connectivity index (χ0v) is 14.8. The highest BCUT2D eigenvalue weighted by Gasteiger charge is 2.16. The first-order chi connectivity index (χ1) is 10.7. The van der Waals surface area contributed by atoms with Crippen LogP contribution in [-0.2, 0) is 14.3 Å². The Balaban J connectivity index is 2.27. The highest BCUT2D eigenvalue weighted by Crippen LogP contribution is 2.25. The minimum atomic E-state index is -0.534. The quantitative estimate of drug-likeness (QED) is 0.620. The average molecular weight is 342 g/mol. The van der Waals surface area contributed by atoms with Crippen LogP contribution in [0.2, 0.25) is 5.02 Å². The van der Waals surface area contributed by atoms with Gasteiger partial charge in [0.2, 0.25) is 0 Å². The van der Waals surface area contributed by atoms with Gasteiger partial charge in [0.05, 0.1) is 0 Å². The fraction of sp³-hybridized carbons (Fsp3) is 0.529. The summed E-state index contributed by atoms with van der Waals surface area (Å²) in [6.07, 6.45) is -0.205. The van der Waals surface area contributed by atoms with Crippen LogP contribution in [0.15, 0.2) is 24.3 Å². The van der Waals surface area contributed by atoms with Gasteiger partial charge in [-0.2, -0.15) is 0 Å². The molecule has 0 saturated carbocycles. The number of carbonyl (C=O) groups excluding carboxylic acids is 2. The molecule has 0 fully saturated rings. The first kappa shape index (κ1) is 19.3. The van der Waals surface area contributed by atoms with Crippen molar-refractivity contribution >= 4 is 23.7 Å². The van der Waals surface area contributed by atoms with Crippen LogP contribution in [0.5, 0.6) is 0 Å². The molecular weight excluding hydrogens is 318 g/mol. The summed E-state index contributed by atoms with van der Waals surface area (Å²) < 4.78 is 10.4. The highest BCUT2D eigenvalue weighted by molar-refractivity contribution is 6.31. The number of benzene rings is 1. The second-order valence-electron chi connectivity index (χ2n) is 6.19. The number of esters is 1. The van der Waals surface area contributed by atoms with E-state index in [4.69, 9.17) is 21.1 Å².